The topological polar surface area (TPSA) is 30.5 Å². The van der Waals surface area contributed by atoms with Gasteiger partial charge in [-0.3, -0.25) is 0 Å². The second kappa shape index (κ2) is 7.39. The Balaban J connectivity index is 2.63. The Labute approximate surface area is 110 Å². The summed E-state index contributed by atoms with van der Waals surface area (Å²) < 4.78 is 10.9. The molecule has 0 bridgehead atoms. The van der Waals surface area contributed by atoms with Crippen molar-refractivity contribution < 1.29 is 9.47 Å². The van der Waals surface area contributed by atoms with E-state index in [4.69, 9.17) is 9.47 Å². The molecule has 18 heavy (non-hydrogen) atoms. The molecule has 1 rings (SSSR count). The minimum Gasteiger partial charge on any atom is -0.496 e. The molecule has 0 aliphatic heterocycles. The van der Waals surface area contributed by atoms with Crippen molar-refractivity contribution in [1.29, 1.82) is 0 Å². The van der Waals surface area contributed by atoms with Crippen LogP contribution in [0.2, 0.25) is 0 Å². The van der Waals surface area contributed by atoms with Crippen LogP contribution in [0.15, 0.2) is 18.2 Å². The van der Waals surface area contributed by atoms with Crippen LogP contribution in [0.25, 0.3) is 0 Å². The number of nitrogens with one attached hydrogen (secondary N) is 1. The zero-order valence-electron chi connectivity index (χ0n) is 12.1. The van der Waals surface area contributed by atoms with E-state index in [1.165, 1.54) is 11.1 Å². The van der Waals surface area contributed by atoms with E-state index in [1.807, 2.05) is 6.92 Å². The maximum absolute atomic E-state index is 5.51. The molecule has 0 saturated carbocycles. The standard InChI is InChI=1S/C15H25NO2/c1-6-18-12(3)10-16-13(4)14-8-7-11(2)9-15(14)17-5/h7-9,12-13,16H,6,10H2,1-5H3. The van der Waals surface area contributed by atoms with Gasteiger partial charge < -0.3 is 14.8 Å². The van der Waals surface area contributed by atoms with E-state index in [-0.39, 0.29) is 12.1 Å². The third-order valence-electron chi connectivity index (χ3n) is 3.02. The fourth-order valence-corrected chi connectivity index (χ4v) is 1.97. The largest absolute Gasteiger partial charge is 0.496 e. The number of hydrogen-bond acceptors (Lipinski definition) is 3. The highest BCUT2D eigenvalue weighted by atomic mass is 16.5. The molecule has 3 nitrogen and oxygen atoms in total. The van der Waals surface area contributed by atoms with Gasteiger partial charge in [0, 0.05) is 24.8 Å². The van der Waals surface area contributed by atoms with Gasteiger partial charge in [0.1, 0.15) is 5.75 Å². The molecule has 102 valence electrons. The summed E-state index contributed by atoms with van der Waals surface area (Å²) >= 11 is 0. The summed E-state index contributed by atoms with van der Waals surface area (Å²) in [5.74, 6) is 0.944. The minimum atomic E-state index is 0.230. The molecule has 0 amide bonds. The lowest BCUT2D eigenvalue weighted by Gasteiger charge is -2.20. The summed E-state index contributed by atoms with van der Waals surface area (Å²) in [6.45, 7) is 9.91. The van der Waals surface area contributed by atoms with Gasteiger partial charge >= 0.3 is 0 Å². The highest BCUT2D eigenvalue weighted by molar-refractivity contribution is 5.39. The molecule has 0 aliphatic carbocycles. The Kier molecular flexibility index (Phi) is 6.16. The van der Waals surface area contributed by atoms with Crippen LogP contribution in [0.1, 0.15) is 37.9 Å². The molecule has 0 aromatic heterocycles. The van der Waals surface area contributed by atoms with E-state index >= 15 is 0 Å². The normalized spacial score (nSPS) is 14.3. The monoisotopic (exact) mass is 251 g/mol. The predicted octanol–water partition coefficient (Wildman–Crippen LogP) is 3.08. The molecular formula is C15H25NO2. The second-order valence-corrected chi connectivity index (χ2v) is 4.64. The SMILES string of the molecule is CCOC(C)CNC(C)c1ccc(C)cc1OC. The fourth-order valence-electron chi connectivity index (χ4n) is 1.97. The number of rotatable bonds is 7. The number of hydrogen-bond donors (Lipinski definition) is 1. The van der Waals surface area contributed by atoms with Crippen LogP contribution in [0.4, 0.5) is 0 Å². The van der Waals surface area contributed by atoms with Gasteiger partial charge in [0.2, 0.25) is 0 Å². The van der Waals surface area contributed by atoms with Gasteiger partial charge in [-0.1, -0.05) is 12.1 Å². The second-order valence-electron chi connectivity index (χ2n) is 4.64. The average molecular weight is 251 g/mol. The molecule has 1 aromatic carbocycles. The first-order valence-corrected chi connectivity index (χ1v) is 6.58. The molecule has 1 N–H and O–H groups in total. The fraction of sp³-hybridized carbons (Fsp3) is 0.600. The number of ether oxygens (including phenoxy) is 2. The summed E-state index contributed by atoms with van der Waals surface area (Å²) in [7, 11) is 1.72. The van der Waals surface area contributed by atoms with Crippen molar-refractivity contribution in [2.45, 2.75) is 39.8 Å². The smallest absolute Gasteiger partial charge is 0.123 e. The number of aryl methyl sites for hydroxylation is 1. The number of benzene rings is 1. The van der Waals surface area contributed by atoms with Crippen LogP contribution in [-0.4, -0.2) is 26.4 Å². The van der Waals surface area contributed by atoms with E-state index in [0.717, 1.165) is 18.9 Å². The van der Waals surface area contributed by atoms with Gasteiger partial charge in [-0.15, -0.1) is 0 Å². The molecule has 2 atom stereocenters. The summed E-state index contributed by atoms with van der Waals surface area (Å²) in [5.41, 5.74) is 2.40. The zero-order chi connectivity index (χ0) is 13.5. The highest BCUT2D eigenvalue weighted by Gasteiger charge is 2.12. The van der Waals surface area contributed by atoms with Gasteiger partial charge in [-0.05, 0) is 39.3 Å². The highest BCUT2D eigenvalue weighted by Crippen LogP contribution is 2.25. The van der Waals surface area contributed by atoms with Crippen molar-refractivity contribution in [2.24, 2.45) is 0 Å². The summed E-state index contributed by atoms with van der Waals surface area (Å²) in [6, 6.07) is 6.56. The van der Waals surface area contributed by atoms with Gasteiger partial charge in [-0.2, -0.15) is 0 Å². The Morgan fingerprint density at radius 2 is 2.00 bits per heavy atom. The molecule has 0 saturated heterocycles. The maximum Gasteiger partial charge on any atom is 0.123 e. The quantitative estimate of drug-likeness (QED) is 0.808. The maximum atomic E-state index is 5.51. The van der Waals surface area contributed by atoms with Crippen LogP contribution in [-0.2, 0) is 4.74 Å². The van der Waals surface area contributed by atoms with Crippen molar-refractivity contribution in [3.8, 4) is 5.75 Å². The predicted molar refractivity (Wildman–Crippen MR) is 75.2 cm³/mol. The first-order valence-electron chi connectivity index (χ1n) is 6.58. The van der Waals surface area contributed by atoms with Gasteiger partial charge in [0.05, 0.1) is 13.2 Å². The van der Waals surface area contributed by atoms with Gasteiger partial charge in [0.25, 0.3) is 0 Å². The third-order valence-corrected chi connectivity index (χ3v) is 3.02. The third kappa shape index (κ3) is 4.31. The van der Waals surface area contributed by atoms with Crippen molar-refractivity contribution in [3.63, 3.8) is 0 Å². The van der Waals surface area contributed by atoms with E-state index in [1.54, 1.807) is 7.11 Å². The average Bonchev–Trinajstić information content (AvgIpc) is 2.36. The Bertz CT molecular complexity index is 366. The Morgan fingerprint density at radius 1 is 1.28 bits per heavy atom. The first kappa shape index (κ1) is 15.0. The lowest BCUT2D eigenvalue weighted by molar-refractivity contribution is 0.0743. The van der Waals surface area contributed by atoms with Crippen molar-refractivity contribution in [3.05, 3.63) is 29.3 Å². The molecular weight excluding hydrogens is 226 g/mol. The molecule has 3 heteroatoms. The molecule has 0 aliphatic rings. The number of methoxy groups -OCH3 is 1. The molecule has 0 fully saturated rings. The van der Waals surface area contributed by atoms with Crippen LogP contribution < -0.4 is 10.1 Å². The van der Waals surface area contributed by atoms with Crippen LogP contribution in [0.5, 0.6) is 5.75 Å². The lowest BCUT2D eigenvalue weighted by atomic mass is 10.0. The van der Waals surface area contributed by atoms with E-state index in [0.29, 0.717) is 0 Å². The molecule has 0 radical (unpaired) electrons. The van der Waals surface area contributed by atoms with Crippen LogP contribution in [0.3, 0.4) is 0 Å². The van der Waals surface area contributed by atoms with Gasteiger partial charge in [0.15, 0.2) is 0 Å². The minimum absolute atomic E-state index is 0.230. The van der Waals surface area contributed by atoms with E-state index in [9.17, 15) is 0 Å². The lowest BCUT2D eigenvalue weighted by Crippen LogP contribution is -2.29. The van der Waals surface area contributed by atoms with Crippen molar-refractivity contribution >= 4 is 0 Å². The zero-order valence-corrected chi connectivity index (χ0v) is 12.1. The molecule has 0 spiro atoms. The van der Waals surface area contributed by atoms with Crippen molar-refractivity contribution in [1.82, 2.24) is 5.32 Å². The molecule has 1 aromatic rings. The Hall–Kier alpha value is -1.06. The summed E-state index contributed by atoms with van der Waals surface area (Å²) in [6.07, 6.45) is 0.230. The summed E-state index contributed by atoms with van der Waals surface area (Å²) in [5, 5.41) is 3.47. The molecule has 0 heterocycles. The first-order chi connectivity index (χ1) is 8.58. The van der Waals surface area contributed by atoms with Gasteiger partial charge in [-0.25, -0.2) is 0 Å². The van der Waals surface area contributed by atoms with Crippen LogP contribution >= 0.6 is 0 Å². The Morgan fingerprint density at radius 3 is 2.61 bits per heavy atom. The van der Waals surface area contributed by atoms with E-state index < -0.39 is 0 Å². The van der Waals surface area contributed by atoms with Crippen LogP contribution in [0, 0.1) is 6.92 Å². The summed E-state index contributed by atoms with van der Waals surface area (Å²) in [4.78, 5) is 0. The molecule has 2 unspecified atom stereocenters. The van der Waals surface area contributed by atoms with E-state index in [2.05, 4.69) is 44.3 Å². The van der Waals surface area contributed by atoms with Crippen molar-refractivity contribution in [2.75, 3.05) is 20.3 Å².